The second kappa shape index (κ2) is 5.56. The van der Waals surface area contributed by atoms with Crippen molar-refractivity contribution >= 4 is 15.9 Å². The molecule has 1 aromatic carbocycles. The number of aliphatic hydroxyl groups is 1. The van der Waals surface area contributed by atoms with Crippen LogP contribution in [0.1, 0.15) is 11.7 Å². The second-order valence-electron chi connectivity index (χ2n) is 3.18. The Morgan fingerprint density at radius 2 is 2.12 bits per heavy atom. The first-order valence-electron chi connectivity index (χ1n) is 4.57. The zero-order valence-electron chi connectivity index (χ0n) is 8.85. The number of aliphatic hydroxyl groups excluding tert-OH is 1. The van der Waals surface area contributed by atoms with E-state index in [4.69, 9.17) is 0 Å². The molecule has 0 amide bonds. The molecule has 0 aromatic heterocycles. The van der Waals surface area contributed by atoms with Crippen molar-refractivity contribution < 1.29 is 18.6 Å². The minimum Gasteiger partial charge on any atom is -0.491 e. The summed E-state index contributed by atoms with van der Waals surface area (Å²) in [5.74, 6) is -2.20. The number of rotatable bonds is 4. The number of hydrogen-bond acceptors (Lipinski definition) is 3. The van der Waals surface area contributed by atoms with E-state index in [1.165, 1.54) is 13.2 Å². The Labute approximate surface area is 101 Å². The third-order valence-corrected chi connectivity index (χ3v) is 2.68. The number of methoxy groups -OCH3 is 1. The Hall–Kier alpha value is -0.720. The lowest BCUT2D eigenvalue weighted by atomic mass is 10.1. The van der Waals surface area contributed by atoms with Crippen LogP contribution in [0.3, 0.4) is 0 Å². The molecule has 0 fully saturated rings. The third kappa shape index (κ3) is 2.50. The molecular formula is C10H12BrF2NO2. The molecule has 0 aliphatic heterocycles. The lowest BCUT2D eigenvalue weighted by Gasteiger charge is -2.14. The zero-order valence-corrected chi connectivity index (χ0v) is 10.4. The molecule has 6 heteroatoms. The fraction of sp³-hybridized carbons (Fsp3) is 0.400. The van der Waals surface area contributed by atoms with Crippen molar-refractivity contribution in [2.45, 2.75) is 6.10 Å². The summed E-state index contributed by atoms with van der Waals surface area (Å²) in [5, 5.41) is 12.3. The highest BCUT2D eigenvalue weighted by Crippen LogP contribution is 2.33. The van der Waals surface area contributed by atoms with Crippen molar-refractivity contribution in [2.75, 3.05) is 20.7 Å². The van der Waals surface area contributed by atoms with Crippen LogP contribution in [0.2, 0.25) is 0 Å². The number of nitrogens with one attached hydrogen (secondary N) is 1. The highest BCUT2D eigenvalue weighted by Gasteiger charge is 2.22. The topological polar surface area (TPSA) is 41.5 Å². The summed E-state index contributed by atoms with van der Waals surface area (Å²) >= 11 is 2.94. The molecule has 0 radical (unpaired) electrons. The number of benzene rings is 1. The second-order valence-corrected chi connectivity index (χ2v) is 4.04. The molecule has 0 spiro atoms. The van der Waals surface area contributed by atoms with Gasteiger partial charge in [0.2, 0.25) is 0 Å². The van der Waals surface area contributed by atoms with Crippen LogP contribution < -0.4 is 10.1 Å². The van der Waals surface area contributed by atoms with Gasteiger partial charge in [-0.25, -0.2) is 8.78 Å². The van der Waals surface area contributed by atoms with Crippen molar-refractivity contribution in [1.82, 2.24) is 5.32 Å². The van der Waals surface area contributed by atoms with Gasteiger partial charge in [-0.2, -0.15) is 0 Å². The molecule has 16 heavy (non-hydrogen) atoms. The van der Waals surface area contributed by atoms with Crippen LogP contribution >= 0.6 is 15.9 Å². The first-order valence-corrected chi connectivity index (χ1v) is 5.36. The molecule has 3 nitrogen and oxygen atoms in total. The lowest BCUT2D eigenvalue weighted by molar-refractivity contribution is 0.171. The standard InChI is InChI=1S/C10H12BrF2NO2/c1-14-4-7(15)5-3-6(11)9(13)10(16-2)8(5)12/h3,7,14-15H,4H2,1-2H3. The maximum Gasteiger partial charge on any atom is 0.191 e. The average Bonchev–Trinajstić information content (AvgIpc) is 2.24. The molecule has 0 saturated heterocycles. The van der Waals surface area contributed by atoms with Crippen LogP contribution in [0.5, 0.6) is 5.75 Å². The van der Waals surface area contributed by atoms with Crippen molar-refractivity contribution in [3.05, 3.63) is 27.7 Å². The van der Waals surface area contributed by atoms with Crippen LogP contribution in [0, 0.1) is 11.6 Å². The summed E-state index contributed by atoms with van der Waals surface area (Å²) in [6, 6.07) is 1.20. The van der Waals surface area contributed by atoms with E-state index in [1.807, 2.05) is 0 Å². The molecule has 0 heterocycles. The largest absolute Gasteiger partial charge is 0.491 e. The van der Waals surface area contributed by atoms with Gasteiger partial charge in [-0.15, -0.1) is 0 Å². The van der Waals surface area contributed by atoms with E-state index in [1.54, 1.807) is 7.05 Å². The average molecular weight is 296 g/mol. The van der Waals surface area contributed by atoms with Crippen LogP contribution in [-0.2, 0) is 0 Å². The molecule has 0 bridgehead atoms. The third-order valence-electron chi connectivity index (χ3n) is 2.10. The van der Waals surface area contributed by atoms with Gasteiger partial charge in [0.15, 0.2) is 17.4 Å². The molecule has 1 atom stereocenters. The number of ether oxygens (including phenoxy) is 1. The van der Waals surface area contributed by atoms with Gasteiger partial charge < -0.3 is 15.2 Å². The fourth-order valence-corrected chi connectivity index (χ4v) is 1.75. The number of halogens is 3. The molecular weight excluding hydrogens is 284 g/mol. The van der Waals surface area contributed by atoms with Gasteiger partial charge in [0.05, 0.1) is 17.7 Å². The minimum absolute atomic E-state index is 0.0144. The van der Waals surface area contributed by atoms with Crippen molar-refractivity contribution in [1.29, 1.82) is 0 Å². The van der Waals surface area contributed by atoms with Crippen LogP contribution in [-0.4, -0.2) is 25.8 Å². The van der Waals surface area contributed by atoms with Gasteiger partial charge in [0.1, 0.15) is 0 Å². The first-order chi connectivity index (χ1) is 7.52. The molecule has 1 unspecified atom stereocenters. The normalized spacial score (nSPS) is 12.6. The van der Waals surface area contributed by atoms with E-state index in [9.17, 15) is 13.9 Å². The van der Waals surface area contributed by atoms with Gasteiger partial charge in [0.25, 0.3) is 0 Å². The Morgan fingerprint density at radius 3 is 2.62 bits per heavy atom. The molecule has 1 rings (SSSR count). The Kier molecular flexibility index (Phi) is 4.64. The maximum absolute atomic E-state index is 13.7. The highest BCUT2D eigenvalue weighted by atomic mass is 79.9. The molecule has 0 saturated carbocycles. The molecule has 2 N–H and O–H groups in total. The van der Waals surface area contributed by atoms with Gasteiger partial charge in [-0.05, 0) is 29.0 Å². The van der Waals surface area contributed by atoms with Crippen LogP contribution in [0.4, 0.5) is 8.78 Å². The van der Waals surface area contributed by atoms with Crippen LogP contribution in [0.15, 0.2) is 10.5 Å². The van der Waals surface area contributed by atoms with Crippen molar-refractivity contribution in [3.8, 4) is 5.75 Å². The van der Waals surface area contributed by atoms with E-state index in [0.717, 1.165) is 0 Å². The summed E-state index contributed by atoms with van der Waals surface area (Å²) in [6.07, 6.45) is -1.06. The van der Waals surface area contributed by atoms with Gasteiger partial charge in [-0.3, -0.25) is 0 Å². The van der Waals surface area contributed by atoms with E-state index >= 15 is 0 Å². The quantitative estimate of drug-likeness (QED) is 0.835. The molecule has 0 aliphatic carbocycles. The summed E-state index contributed by atoms with van der Waals surface area (Å²) in [5.41, 5.74) is -0.0144. The summed E-state index contributed by atoms with van der Waals surface area (Å²) in [6.45, 7) is 0.165. The van der Waals surface area contributed by atoms with E-state index < -0.39 is 23.5 Å². The molecule has 0 aliphatic rings. The van der Waals surface area contributed by atoms with Crippen molar-refractivity contribution in [3.63, 3.8) is 0 Å². The Balaban J connectivity index is 3.25. The number of likely N-dealkylation sites (N-methyl/N-ethyl adjacent to an activating group) is 1. The summed E-state index contributed by atoms with van der Waals surface area (Å²) in [7, 11) is 2.79. The summed E-state index contributed by atoms with van der Waals surface area (Å²) in [4.78, 5) is 0. The lowest BCUT2D eigenvalue weighted by Crippen LogP contribution is -2.18. The van der Waals surface area contributed by atoms with Gasteiger partial charge in [-0.1, -0.05) is 0 Å². The van der Waals surface area contributed by atoms with Gasteiger partial charge in [0, 0.05) is 12.1 Å². The van der Waals surface area contributed by atoms with Gasteiger partial charge >= 0.3 is 0 Å². The fourth-order valence-electron chi connectivity index (χ4n) is 1.32. The number of hydrogen-bond donors (Lipinski definition) is 2. The highest BCUT2D eigenvalue weighted by molar-refractivity contribution is 9.10. The minimum atomic E-state index is -1.06. The molecule has 90 valence electrons. The zero-order chi connectivity index (χ0) is 12.3. The predicted molar refractivity (Wildman–Crippen MR) is 59.5 cm³/mol. The van der Waals surface area contributed by atoms with E-state index in [0.29, 0.717) is 0 Å². The van der Waals surface area contributed by atoms with E-state index in [2.05, 4.69) is 26.0 Å². The van der Waals surface area contributed by atoms with E-state index in [-0.39, 0.29) is 16.6 Å². The Morgan fingerprint density at radius 1 is 1.50 bits per heavy atom. The van der Waals surface area contributed by atoms with Crippen molar-refractivity contribution in [2.24, 2.45) is 0 Å². The monoisotopic (exact) mass is 295 g/mol. The molecule has 1 aromatic rings. The Bertz CT molecular complexity index is 388. The maximum atomic E-state index is 13.7. The SMILES string of the molecule is CNCC(O)c1cc(Br)c(F)c(OC)c1F. The smallest absolute Gasteiger partial charge is 0.191 e. The predicted octanol–water partition coefficient (Wildman–Crippen LogP) is 1.99. The van der Waals surface area contributed by atoms with Crippen LogP contribution in [0.25, 0.3) is 0 Å². The first kappa shape index (κ1) is 13.3. The summed E-state index contributed by atoms with van der Waals surface area (Å²) < 4.78 is 31.8.